The van der Waals surface area contributed by atoms with Gasteiger partial charge in [-0.15, -0.1) is 0 Å². The SMILES string of the molecule is [Cu].[O]=[Mo].[S]=[Mo]=[S]. The van der Waals surface area contributed by atoms with Gasteiger partial charge in [0.15, 0.2) is 0 Å². The molecule has 0 aromatic heterocycles. The predicted octanol–water partition coefficient (Wildman–Crippen LogP) is 1.17. The molecular formula is CuMo2OS2. The van der Waals surface area contributed by atoms with Crippen molar-refractivity contribution in [3.8, 4) is 0 Å². The fourth-order valence-electron chi connectivity index (χ4n) is 0. The number of hydrogen-bond donors (Lipinski definition) is 0. The molecule has 6 heteroatoms. The van der Waals surface area contributed by atoms with Gasteiger partial charge >= 0.3 is 57.7 Å². The van der Waals surface area contributed by atoms with Crippen LogP contribution < -0.4 is 0 Å². The Morgan fingerprint density at radius 3 is 1.33 bits per heavy atom. The van der Waals surface area contributed by atoms with E-state index < -0.39 is 0 Å². The molecule has 0 N–H and O–H groups in total. The van der Waals surface area contributed by atoms with Crippen LogP contribution in [0.2, 0.25) is 0 Å². The van der Waals surface area contributed by atoms with Crippen molar-refractivity contribution in [2.24, 2.45) is 0 Å². The molecule has 0 aliphatic carbocycles. The summed E-state index contributed by atoms with van der Waals surface area (Å²) in [6.45, 7) is 0. The van der Waals surface area contributed by atoms with Gasteiger partial charge in [0.1, 0.15) is 0 Å². The van der Waals surface area contributed by atoms with E-state index in [0.29, 0.717) is 19.8 Å². The van der Waals surface area contributed by atoms with Gasteiger partial charge in [-0.1, -0.05) is 0 Å². The van der Waals surface area contributed by atoms with Crippen molar-refractivity contribution in [2.75, 3.05) is 0 Å². The molecule has 0 aromatic carbocycles. The Morgan fingerprint density at radius 2 is 1.33 bits per heavy atom. The molecule has 0 bridgehead atoms. The molecule has 0 rings (SSSR count). The molecule has 41 valence electrons. The van der Waals surface area contributed by atoms with Crippen LogP contribution in [0.3, 0.4) is 0 Å². The van der Waals surface area contributed by atoms with Crippen LogP contribution in [0.15, 0.2) is 0 Å². The minimum atomic E-state index is -0.363. The molecule has 0 aromatic rings. The second-order valence-electron chi connectivity index (χ2n) is 0.0680. The van der Waals surface area contributed by atoms with Crippen LogP contribution in [-0.2, 0) is 55.2 Å². The van der Waals surface area contributed by atoms with Crippen molar-refractivity contribution in [2.45, 2.75) is 0 Å². The van der Waals surface area contributed by atoms with Crippen LogP contribution in [-0.4, -0.2) is 0 Å². The summed E-state index contributed by atoms with van der Waals surface area (Å²) in [7, 11) is 8.68. The summed E-state index contributed by atoms with van der Waals surface area (Å²) in [5, 5.41) is 0. The molecule has 0 saturated carbocycles. The topological polar surface area (TPSA) is 17.1 Å². The first-order valence-corrected chi connectivity index (χ1v) is 6.90. The zero-order valence-corrected chi connectivity index (χ0v) is 8.93. The maximum atomic E-state index is 8.26. The average molecular weight is 336 g/mol. The Hall–Kier alpha value is 2.14. The summed E-state index contributed by atoms with van der Waals surface area (Å²) in [6.07, 6.45) is 0. The fourth-order valence-corrected chi connectivity index (χ4v) is 0. The summed E-state index contributed by atoms with van der Waals surface area (Å²) in [6, 6.07) is 0. The van der Waals surface area contributed by atoms with Crippen LogP contribution in [0.1, 0.15) is 0 Å². The van der Waals surface area contributed by atoms with E-state index in [2.05, 4.69) is 19.6 Å². The normalized spacial score (nSPS) is 2.67. The van der Waals surface area contributed by atoms with E-state index in [0.717, 1.165) is 0 Å². The maximum absolute atomic E-state index is 8.26. The van der Waals surface area contributed by atoms with E-state index in [1.165, 1.54) is 0 Å². The van der Waals surface area contributed by atoms with Crippen molar-refractivity contribution in [3.05, 3.63) is 0 Å². The summed E-state index contributed by atoms with van der Waals surface area (Å²) in [5.41, 5.74) is 0. The van der Waals surface area contributed by atoms with Crippen LogP contribution in [0.4, 0.5) is 0 Å². The second kappa shape index (κ2) is 27.3. The quantitative estimate of drug-likeness (QED) is 0.619. The number of hydrogen-bond acceptors (Lipinski definition) is 3. The zero-order chi connectivity index (χ0) is 4.71. The molecule has 1 radical (unpaired) electrons. The second-order valence-corrected chi connectivity index (χ2v) is 3.62. The van der Waals surface area contributed by atoms with Crippen molar-refractivity contribution in [3.63, 3.8) is 0 Å². The van der Waals surface area contributed by atoms with Gasteiger partial charge < -0.3 is 0 Å². The van der Waals surface area contributed by atoms with Gasteiger partial charge in [-0.05, 0) is 0 Å². The first kappa shape index (κ1) is 15.7. The molecule has 0 unspecified atom stereocenters. The Balaban J connectivity index is -0.0000000275. The van der Waals surface area contributed by atoms with E-state index in [4.69, 9.17) is 3.40 Å². The molecule has 0 aliphatic heterocycles. The average Bonchev–Trinajstić information content (AvgIpc) is 1.46. The third kappa shape index (κ3) is 35.5. The molecule has 0 amide bonds. The Kier molecular flexibility index (Phi) is 71.5. The molecule has 0 atom stereocenters. The van der Waals surface area contributed by atoms with E-state index in [1.54, 1.807) is 0 Å². The van der Waals surface area contributed by atoms with Gasteiger partial charge in [0.05, 0.1) is 0 Å². The van der Waals surface area contributed by atoms with Gasteiger partial charge in [-0.2, -0.15) is 0 Å². The van der Waals surface area contributed by atoms with Crippen LogP contribution in [0, 0.1) is 0 Å². The number of rotatable bonds is 0. The van der Waals surface area contributed by atoms with Crippen LogP contribution in [0.5, 0.6) is 0 Å². The summed E-state index contributed by atoms with van der Waals surface area (Å²) >= 11 is 0.337. The standard InChI is InChI=1S/Cu.2Mo.O.2S. The summed E-state index contributed by atoms with van der Waals surface area (Å²) in [4.78, 5) is 0. The van der Waals surface area contributed by atoms with E-state index in [9.17, 15) is 0 Å². The Labute approximate surface area is 73.8 Å². The predicted molar refractivity (Wildman–Crippen MR) is 15.9 cm³/mol. The molecule has 1 nitrogen and oxygen atoms in total. The summed E-state index contributed by atoms with van der Waals surface area (Å²) in [5.74, 6) is 0. The minimum absolute atomic E-state index is 0. The van der Waals surface area contributed by atoms with Crippen molar-refractivity contribution in [1.82, 2.24) is 0 Å². The Bertz CT molecular complexity index is 40.8. The van der Waals surface area contributed by atoms with Gasteiger partial charge in [0, 0.05) is 17.1 Å². The van der Waals surface area contributed by atoms with Gasteiger partial charge in [-0.25, -0.2) is 0 Å². The first-order valence-electron chi connectivity index (χ1n) is 0.500. The summed E-state index contributed by atoms with van der Waals surface area (Å²) < 4.78 is 8.26. The molecule has 0 saturated heterocycles. The van der Waals surface area contributed by atoms with Crippen LogP contribution in [0.25, 0.3) is 0 Å². The first-order chi connectivity index (χ1) is 2.41. The van der Waals surface area contributed by atoms with Gasteiger partial charge in [-0.3, -0.25) is 0 Å². The molecule has 0 heterocycles. The third-order valence-electron chi connectivity index (χ3n) is 0. The molecule has 6 heavy (non-hydrogen) atoms. The van der Waals surface area contributed by atoms with Gasteiger partial charge in [0.2, 0.25) is 0 Å². The van der Waals surface area contributed by atoms with E-state index in [-0.39, 0.29) is 32.0 Å². The van der Waals surface area contributed by atoms with Crippen molar-refractivity contribution in [1.29, 1.82) is 0 Å². The molecule has 0 spiro atoms. The molecular weight excluding hydrogens is 336 g/mol. The Morgan fingerprint density at radius 1 is 1.33 bits per heavy atom. The van der Waals surface area contributed by atoms with E-state index >= 15 is 0 Å². The molecule has 0 fully saturated rings. The van der Waals surface area contributed by atoms with E-state index in [1.807, 2.05) is 0 Å². The monoisotopic (exact) mass is 339 g/mol. The van der Waals surface area contributed by atoms with Crippen LogP contribution >= 0.6 is 19.6 Å². The molecule has 0 aliphatic rings. The van der Waals surface area contributed by atoms with Gasteiger partial charge in [0.25, 0.3) is 0 Å². The fraction of sp³-hybridized carbons (Fsp3) is 0. The van der Waals surface area contributed by atoms with Crippen molar-refractivity contribution >= 4 is 19.6 Å². The van der Waals surface area contributed by atoms with Crippen molar-refractivity contribution < 1.29 is 55.2 Å². The third-order valence-corrected chi connectivity index (χ3v) is 0. The zero-order valence-electron chi connectivity index (χ0n) is 2.34.